The highest BCUT2D eigenvalue weighted by atomic mass is 16.5. The molecule has 1 atom stereocenters. The molecule has 0 amide bonds. The van der Waals surface area contributed by atoms with Gasteiger partial charge in [0, 0.05) is 6.04 Å². The first-order valence-electron chi connectivity index (χ1n) is 6.91. The van der Waals surface area contributed by atoms with Crippen molar-refractivity contribution in [1.29, 1.82) is 0 Å². The lowest BCUT2D eigenvalue weighted by Gasteiger charge is -2.19. The van der Waals surface area contributed by atoms with Crippen LogP contribution in [-0.4, -0.2) is 25.2 Å². The third kappa shape index (κ3) is 3.58. The van der Waals surface area contributed by atoms with E-state index >= 15 is 0 Å². The van der Waals surface area contributed by atoms with Crippen LogP contribution in [0.15, 0.2) is 42.5 Å². The maximum absolute atomic E-state index is 11.8. The molecule has 0 saturated heterocycles. The van der Waals surface area contributed by atoms with Crippen LogP contribution in [-0.2, 0) is 16.0 Å². The fraction of sp³-hybridized carbons (Fsp3) is 0.353. The number of ether oxygens (including phenoxy) is 1. The highest BCUT2D eigenvalue weighted by molar-refractivity contribution is 5.83. The Bertz CT molecular complexity index is 592. The number of methoxy groups -OCH3 is 1. The maximum Gasteiger partial charge on any atom is 0.323 e. The molecule has 2 rings (SSSR count). The predicted octanol–water partition coefficient (Wildman–Crippen LogP) is 2.92. The van der Waals surface area contributed by atoms with Crippen molar-refractivity contribution in [3.8, 4) is 0 Å². The number of rotatable bonds is 5. The molecule has 0 aromatic heterocycles. The second-order valence-electron chi connectivity index (χ2n) is 5.28. The highest BCUT2D eigenvalue weighted by Crippen LogP contribution is 2.17. The Morgan fingerprint density at radius 1 is 1.15 bits per heavy atom. The molecular formula is C17H21NO2. The van der Waals surface area contributed by atoms with Gasteiger partial charge in [0.15, 0.2) is 0 Å². The zero-order valence-electron chi connectivity index (χ0n) is 12.2. The van der Waals surface area contributed by atoms with Crippen LogP contribution in [0.2, 0.25) is 0 Å². The lowest BCUT2D eigenvalue weighted by Crippen LogP contribution is -2.43. The quantitative estimate of drug-likeness (QED) is 0.850. The molecule has 1 N–H and O–H groups in total. The van der Waals surface area contributed by atoms with Crippen molar-refractivity contribution in [2.24, 2.45) is 0 Å². The van der Waals surface area contributed by atoms with E-state index in [0.717, 1.165) is 5.56 Å². The molecule has 20 heavy (non-hydrogen) atoms. The number of hydrogen-bond acceptors (Lipinski definition) is 3. The first-order valence-corrected chi connectivity index (χ1v) is 6.91. The van der Waals surface area contributed by atoms with Crippen LogP contribution in [0, 0.1) is 0 Å². The molecule has 2 aromatic rings. The molecule has 0 bridgehead atoms. The topological polar surface area (TPSA) is 38.3 Å². The number of carbonyl (C=O) groups excluding carboxylic acids is 1. The van der Waals surface area contributed by atoms with E-state index in [-0.39, 0.29) is 18.1 Å². The van der Waals surface area contributed by atoms with Gasteiger partial charge in [-0.05, 0) is 22.8 Å². The number of hydrogen-bond donors (Lipinski definition) is 1. The Labute approximate surface area is 119 Å². The van der Waals surface area contributed by atoms with E-state index in [4.69, 9.17) is 4.74 Å². The van der Waals surface area contributed by atoms with Gasteiger partial charge in [0.1, 0.15) is 6.04 Å². The number of esters is 1. The van der Waals surface area contributed by atoms with Gasteiger partial charge in [0.05, 0.1) is 7.11 Å². The Morgan fingerprint density at radius 3 is 2.50 bits per heavy atom. The largest absolute Gasteiger partial charge is 0.468 e. The summed E-state index contributed by atoms with van der Waals surface area (Å²) in [5.74, 6) is -0.216. The SMILES string of the molecule is COC(=O)C(Cc1ccc2ccccc2c1)NC(C)C. The second kappa shape index (κ2) is 6.53. The number of nitrogens with one attached hydrogen (secondary N) is 1. The molecule has 0 saturated carbocycles. The normalized spacial score (nSPS) is 12.6. The summed E-state index contributed by atoms with van der Waals surface area (Å²) in [5, 5.41) is 5.66. The molecule has 3 heteroatoms. The molecular weight excluding hydrogens is 250 g/mol. The molecule has 0 aliphatic carbocycles. The van der Waals surface area contributed by atoms with Crippen LogP contribution in [0.25, 0.3) is 10.8 Å². The van der Waals surface area contributed by atoms with Gasteiger partial charge in [0.25, 0.3) is 0 Å². The average molecular weight is 271 g/mol. The molecule has 0 aliphatic rings. The standard InChI is InChI=1S/C17H21NO2/c1-12(2)18-16(17(19)20-3)11-13-8-9-14-6-4-5-7-15(14)10-13/h4-10,12,16,18H,11H2,1-3H3. The smallest absolute Gasteiger partial charge is 0.323 e. The molecule has 0 fully saturated rings. The number of benzene rings is 2. The minimum atomic E-state index is -0.304. The number of fused-ring (bicyclic) bond motifs is 1. The van der Waals surface area contributed by atoms with Crippen LogP contribution in [0.1, 0.15) is 19.4 Å². The first-order chi connectivity index (χ1) is 9.60. The van der Waals surface area contributed by atoms with Gasteiger partial charge in [-0.3, -0.25) is 4.79 Å². The van der Waals surface area contributed by atoms with Crippen LogP contribution in [0.3, 0.4) is 0 Å². The molecule has 0 spiro atoms. The van der Waals surface area contributed by atoms with Crippen molar-refractivity contribution in [2.75, 3.05) is 7.11 Å². The second-order valence-corrected chi connectivity index (χ2v) is 5.28. The van der Waals surface area contributed by atoms with Crippen LogP contribution >= 0.6 is 0 Å². The van der Waals surface area contributed by atoms with E-state index < -0.39 is 0 Å². The van der Waals surface area contributed by atoms with E-state index in [1.54, 1.807) is 0 Å². The minimum Gasteiger partial charge on any atom is -0.468 e. The summed E-state index contributed by atoms with van der Waals surface area (Å²) >= 11 is 0. The highest BCUT2D eigenvalue weighted by Gasteiger charge is 2.20. The van der Waals surface area contributed by atoms with Gasteiger partial charge in [-0.15, -0.1) is 0 Å². The molecule has 1 unspecified atom stereocenters. The zero-order chi connectivity index (χ0) is 14.5. The minimum absolute atomic E-state index is 0.216. The van der Waals surface area contributed by atoms with E-state index in [1.165, 1.54) is 17.9 Å². The Hall–Kier alpha value is -1.87. The summed E-state index contributed by atoms with van der Waals surface area (Å²) in [6, 6.07) is 14.4. The lowest BCUT2D eigenvalue weighted by atomic mass is 10.0. The maximum atomic E-state index is 11.8. The molecule has 3 nitrogen and oxygen atoms in total. The predicted molar refractivity (Wildman–Crippen MR) is 81.7 cm³/mol. The monoisotopic (exact) mass is 271 g/mol. The average Bonchev–Trinajstić information content (AvgIpc) is 2.45. The van der Waals surface area contributed by atoms with Crippen molar-refractivity contribution in [3.63, 3.8) is 0 Å². The van der Waals surface area contributed by atoms with Crippen molar-refractivity contribution in [3.05, 3.63) is 48.0 Å². The van der Waals surface area contributed by atoms with Crippen molar-refractivity contribution < 1.29 is 9.53 Å². The van der Waals surface area contributed by atoms with Gasteiger partial charge in [-0.2, -0.15) is 0 Å². The molecule has 0 radical (unpaired) electrons. The van der Waals surface area contributed by atoms with Gasteiger partial charge < -0.3 is 10.1 Å². The summed E-state index contributed by atoms with van der Waals surface area (Å²) in [6.07, 6.45) is 0.635. The first kappa shape index (κ1) is 14.5. The Balaban J connectivity index is 2.21. The molecule has 2 aromatic carbocycles. The van der Waals surface area contributed by atoms with E-state index in [0.29, 0.717) is 6.42 Å². The summed E-state index contributed by atoms with van der Waals surface area (Å²) in [7, 11) is 1.43. The summed E-state index contributed by atoms with van der Waals surface area (Å²) in [5.41, 5.74) is 1.13. The van der Waals surface area contributed by atoms with Crippen LogP contribution in [0.5, 0.6) is 0 Å². The fourth-order valence-electron chi connectivity index (χ4n) is 2.36. The Morgan fingerprint density at radius 2 is 1.85 bits per heavy atom. The summed E-state index contributed by atoms with van der Waals surface area (Å²) in [4.78, 5) is 11.8. The van der Waals surface area contributed by atoms with Crippen LogP contribution < -0.4 is 5.32 Å². The van der Waals surface area contributed by atoms with Crippen molar-refractivity contribution >= 4 is 16.7 Å². The van der Waals surface area contributed by atoms with E-state index in [9.17, 15) is 4.79 Å². The lowest BCUT2D eigenvalue weighted by molar-refractivity contribution is -0.143. The van der Waals surface area contributed by atoms with E-state index in [1.807, 2.05) is 26.0 Å². The zero-order valence-corrected chi connectivity index (χ0v) is 12.2. The van der Waals surface area contributed by atoms with Crippen molar-refractivity contribution in [2.45, 2.75) is 32.4 Å². The van der Waals surface area contributed by atoms with Gasteiger partial charge in [-0.1, -0.05) is 56.3 Å². The number of carbonyl (C=O) groups is 1. The third-order valence-electron chi connectivity index (χ3n) is 3.27. The van der Waals surface area contributed by atoms with E-state index in [2.05, 4.69) is 35.6 Å². The molecule has 0 heterocycles. The van der Waals surface area contributed by atoms with Crippen molar-refractivity contribution in [1.82, 2.24) is 5.32 Å². The summed E-state index contributed by atoms with van der Waals surface area (Å²) in [6.45, 7) is 4.05. The van der Waals surface area contributed by atoms with Gasteiger partial charge >= 0.3 is 5.97 Å². The summed E-state index contributed by atoms with van der Waals surface area (Å²) < 4.78 is 4.87. The third-order valence-corrected chi connectivity index (χ3v) is 3.27. The van der Waals surface area contributed by atoms with Crippen LogP contribution in [0.4, 0.5) is 0 Å². The van der Waals surface area contributed by atoms with Gasteiger partial charge in [-0.25, -0.2) is 0 Å². The Kier molecular flexibility index (Phi) is 4.74. The molecule has 0 aliphatic heterocycles. The fourth-order valence-corrected chi connectivity index (χ4v) is 2.36. The molecule has 106 valence electrons. The van der Waals surface area contributed by atoms with Gasteiger partial charge in [0.2, 0.25) is 0 Å².